The monoisotopic (exact) mass is 449 g/mol. The lowest BCUT2D eigenvalue weighted by molar-refractivity contribution is 0.0586. The van der Waals surface area contributed by atoms with Crippen molar-refractivity contribution in [2.24, 2.45) is 0 Å². The van der Waals surface area contributed by atoms with E-state index >= 15 is 0 Å². The summed E-state index contributed by atoms with van der Waals surface area (Å²) in [6, 6.07) is 14.3. The zero-order valence-corrected chi connectivity index (χ0v) is 18.1. The molecule has 2 saturated heterocycles. The number of nitrogens with one attached hydrogen (secondary N) is 1. The van der Waals surface area contributed by atoms with Gasteiger partial charge in [0.1, 0.15) is 0 Å². The van der Waals surface area contributed by atoms with E-state index in [2.05, 4.69) is 5.32 Å². The van der Waals surface area contributed by atoms with Crippen LogP contribution in [0.3, 0.4) is 0 Å². The summed E-state index contributed by atoms with van der Waals surface area (Å²) in [5.74, 6) is 0.812. The van der Waals surface area contributed by atoms with Crippen molar-refractivity contribution < 1.29 is 9.59 Å². The molecule has 3 amide bonds. The van der Waals surface area contributed by atoms with E-state index in [1.54, 1.807) is 30.0 Å². The second-order valence-corrected chi connectivity index (χ2v) is 9.46. The van der Waals surface area contributed by atoms with Gasteiger partial charge in [0.05, 0.1) is 15.5 Å². The molecule has 29 heavy (non-hydrogen) atoms. The number of carbonyl (C=O) groups is 2. The van der Waals surface area contributed by atoms with Crippen molar-refractivity contribution in [3.8, 4) is 0 Å². The number of carbonyl (C=O) groups excluding carboxylic acids is 2. The van der Waals surface area contributed by atoms with E-state index in [4.69, 9.17) is 23.2 Å². The maximum absolute atomic E-state index is 13.2. The number of benzene rings is 2. The van der Waals surface area contributed by atoms with Gasteiger partial charge in [-0.25, -0.2) is 4.79 Å². The van der Waals surface area contributed by atoms with Crippen molar-refractivity contribution in [1.29, 1.82) is 0 Å². The van der Waals surface area contributed by atoms with Crippen molar-refractivity contribution in [1.82, 2.24) is 9.80 Å². The van der Waals surface area contributed by atoms with Gasteiger partial charge in [0.2, 0.25) is 0 Å². The number of para-hydroxylation sites is 1. The number of piperidine rings is 1. The molecule has 1 N–H and O–H groups in total. The summed E-state index contributed by atoms with van der Waals surface area (Å²) < 4.78 is 0. The van der Waals surface area contributed by atoms with Crippen molar-refractivity contribution in [3.63, 3.8) is 0 Å². The van der Waals surface area contributed by atoms with E-state index < -0.39 is 0 Å². The van der Waals surface area contributed by atoms with Gasteiger partial charge < -0.3 is 15.1 Å². The van der Waals surface area contributed by atoms with Gasteiger partial charge in [0.15, 0.2) is 0 Å². The van der Waals surface area contributed by atoms with Gasteiger partial charge in [0, 0.05) is 36.1 Å². The van der Waals surface area contributed by atoms with Gasteiger partial charge in [-0.3, -0.25) is 4.79 Å². The average Bonchev–Trinajstić information content (AvgIpc) is 3.11. The van der Waals surface area contributed by atoms with E-state index in [1.165, 1.54) is 0 Å². The molecule has 2 heterocycles. The third-order valence-electron chi connectivity index (χ3n) is 5.44. The Bertz CT molecular complexity index is 917. The third-order valence-corrected chi connectivity index (χ3v) is 7.54. The number of urea groups is 1. The summed E-state index contributed by atoms with van der Waals surface area (Å²) in [5, 5.41) is 3.81. The van der Waals surface area contributed by atoms with Gasteiger partial charge in [-0.2, -0.15) is 0 Å². The molecule has 2 fully saturated rings. The molecule has 0 aliphatic carbocycles. The summed E-state index contributed by atoms with van der Waals surface area (Å²) in [4.78, 5) is 29.2. The standard InChI is InChI=1S/C21H21Cl2N3O2S/c22-15-6-7-17(18(23)14-15)19(27)26-12-13-29-21(26)8-10-25(11-9-21)20(28)24-16-4-2-1-3-5-16/h1-7,14H,8-13H2,(H,24,28). The zero-order valence-electron chi connectivity index (χ0n) is 15.7. The number of amides is 3. The van der Waals surface area contributed by atoms with E-state index in [9.17, 15) is 9.59 Å². The molecule has 0 atom stereocenters. The van der Waals surface area contributed by atoms with E-state index in [0.717, 1.165) is 24.3 Å². The largest absolute Gasteiger partial charge is 0.324 e. The minimum absolute atomic E-state index is 0.0705. The Hall–Kier alpha value is -1.89. The first kappa shape index (κ1) is 20.4. The Labute approximate surface area is 184 Å². The summed E-state index contributed by atoms with van der Waals surface area (Å²) in [6.45, 7) is 1.88. The summed E-state index contributed by atoms with van der Waals surface area (Å²) in [7, 11) is 0. The fourth-order valence-corrected chi connectivity index (χ4v) is 5.85. The Kier molecular flexibility index (Phi) is 5.95. The van der Waals surface area contributed by atoms with Crippen molar-refractivity contribution in [2.75, 3.05) is 30.7 Å². The number of halogens is 2. The summed E-state index contributed by atoms with van der Waals surface area (Å²) in [6.07, 6.45) is 1.47. The number of anilines is 1. The van der Waals surface area contributed by atoms with Crippen LogP contribution in [0.15, 0.2) is 48.5 Å². The Morgan fingerprint density at radius 1 is 1.00 bits per heavy atom. The van der Waals surface area contributed by atoms with Gasteiger partial charge in [0.25, 0.3) is 5.91 Å². The average molecular weight is 450 g/mol. The zero-order chi connectivity index (χ0) is 20.4. The SMILES string of the molecule is O=C(Nc1ccccc1)N1CCC2(CC1)SCCN2C(=O)c1ccc(Cl)cc1Cl. The lowest BCUT2D eigenvalue weighted by Crippen LogP contribution is -2.54. The quantitative estimate of drug-likeness (QED) is 0.684. The molecule has 0 bridgehead atoms. The molecule has 2 aromatic carbocycles. The molecule has 0 saturated carbocycles. The predicted octanol–water partition coefficient (Wildman–Crippen LogP) is 5.21. The number of thioether (sulfide) groups is 1. The molecular formula is C21H21Cl2N3O2S. The first-order valence-electron chi connectivity index (χ1n) is 9.50. The lowest BCUT2D eigenvalue weighted by Gasteiger charge is -2.44. The normalized spacial score (nSPS) is 18.1. The number of likely N-dealkylation sites (tertiary alicyclic amines) is 1. The molecule has 152 valence electrons. The second kappa shape index (κ2) is 8.46. The van der Waals surface area contributed by atoms with E-state index in [0.29, 0.717) is 35.2 Å². The van der Waals surface area contributed by atoms with Gasteiger partial charge in [-0.15, -0.1) is 11.8 Å². The molecule has 4 rings (SSSR count). The smallest absolute Gasteiger partial charge is 0.321 e. The summed E-state index contributed by atoms with van der Waals surface area (Å²) >= 11 is 14.0. The Morgan fingerprint density at radius 2 is 1.72 bits per heavy atom. The molecule has 0 aromatic heterocycles. The molecule has 1 spiro atoms. The highest BCUT2D eigenvalue weighted by molar-refractivity contribution is 8.00. The minimum atomic E-state index is -0.288. The highest BCUT2D eigenvalue weighted by Gasteiger charge is 2.47. The van der Waals surface area contributed by atoms with Crippen LogP contribution in [0.25, 0.3) is 0 Å². The third kappa shape index (κ3) is 4.20. The molecule has 2 aromatic rings. The maximum atomic E-state index is 13.2. The minimum Gasteiger partial charge on any atom is -0.324 e. The fourth-order valence-electron chi connectivity index (χ4n) is 3.90. The van der Waals surface area contributed by atoms with Crippen molar-refractivity contribution in [3.05, 3.63) is 64.1 Å². The van der Waals surface area contributed by atoms with Crippen LogP contribution < -0.4 is 5.32 Å². The summed E-state index contributed by atoms with van der Waals surface area (Å²) in [5.41, 5.74) is 1.25. The van der Waals surface area contributed by atoms with Crippen LogP contribution in [0.4, 0.5) is 10.5 Å². The van der Waals surface area contributed by atoms with Crippen LogP contribution in [0.1, 0.15) is 23.2 Å². The molecule has 5 nitrogen and oxygen atoms in total. The van der Waals surface area contributed by atoms with Gasteiger partial charge in [-0.05, 0) is 43.2 Å². The van der Waals surface area contributed by atoms with Crippen LogP contribution in [0, 0.1) is 0 Å². The van der Waals surface area contributed by atoms with Crippen molar-refractivity contribution in [2.45, 2.75) is 17.7 Å². The molecule has 2 aliphatic rings. The van der Waals surface area contributed by atoms with Gasteiger partial charge >= 0.3 is 6.03 Å². The highest BCUT2D eigenvalue weighted by Crippen LogP contribution is 2.45. The molecular weight excluding hydrogens is 429 g/mol. The highest BCUT2D eigenvalue weighted by atomic mass is 35.5. The fraction of sp³-hybridized carbons (Fsp3) is 0.333. The van der Waals surface area contributed by atoms with Gasteiger partial charge in [-0.1, -0.05) is 41.4 Å². The van der Waals surface area contributed by atoms with Crippen LogP contribution in [0.2, 0.25) is 10.0 Å². The second-order valence-electron chi connectivity index (χ2n) is 7.16. The van der Waals surface area contributed by atoms with Crippen LogP contribution in [0.5, 0.6) is 0 Å². The number of hydrogen-bond acceptors (Lipinski definition) is 3. The first-order chi connectivity index (χ1) is 14.0. The molecule has 0 unspecified atom stereocenters. The van der Waals surface area contributed by atoms with E-state index in [-0.39, 0.29) is 16.8 Å². The lowest BCUT2D eigenvalue weighted by atomic mass is 10.0. The van der Waals surface area contributed by atoms with E-state index in [1.807, 2.05) is 40.1 Å². The Morgan fingerprint density at radius 3 is 2.41 bits per heavy atom. The topological polar surface area (TPSA) is 52.7 Å². The van der Waals surface area contributed by atoms with Crippen molar-refractivity contribution >= 4 is 52.6 Å². The number of hydrogen-bond donors (Lipinski definition) is 1. The first-order valence-corrected chi connectivity index (χ1v) is 11.2. The predicted molar refractivity (Wildman–Crippen MR) is 119 cm³/mol. The van der Waals surface area contributed by atoms with Crippen LogP contribution in [-0.4, -0.2) is 52.0 Å². The molecule has 0 radical (unpaired) electrons. The van der Waals surface area contributed by atoms with Crippen LogP contribution >= 0.6 is 35.0 Å². The molecule has 8 heteroatoms. The van der Waals surface area contributed by atoms with Crippen LogP contribution in [-0.2, 0) is 0 Å². The molecule has 2 aliphatic heterocycles. The number of nitrogens with zero attached hydrogens (tertiary/aromatic N) is 2. The number of rotatable bonds is 2. The Balaban J connectivity index is 1.44. The maximum Gasteiger partial charge on any atom is 0.321 e.